The molecule has 0 aliphatic heterocycles. The number of hydrogen-bond donors (Lipinski definition) is 2. The molecule has 12 heteroatoms. The third-order valence-electron chi connectivity index (χ3n) is 6.35. The molecule has 0 fully saturated rings. The van der Waals surface area contributed by atoms with Crippen molar-refractivity contribution in [3.63, 3.8) is 0 Å². The number of rotatable bonds is 12. The van der Waals surface area contributed by atoms with Crippen LogP contribution in [-0.2, 0) is 32.1 Å². The molecule has 2 N–H and O–H groups in total. The van der Waals surface area contributed by atoms with Crippen LogP contribution in [0.2, 0.25) is 5.02 Å². The first-order valence-corrected chi connectivity index (χ1v) is 14.3. The van der Waals surface area contributed by atoms with E-state index in [2.05, 4.69) is 5.32 Å². The van der Waals surface area contributed by atoms with Gasteiger partial charge in [-0.3, -0.25) is 28.9 Å². The van der Waals surface area contributed by atoms with Crippen molar-refractivity contribution in [3.8, 4) is 0 Å². The third kappa shape index (κ3) is 6.69. The first-order valence-electron chi connectivity index (χ1n) is 13.1. The summed E-state index contributed by atoms with van der Waals surface area (Å²) in [5.41, 5.74) is 1.04. The van der Waals surface area contributed by atoms with E-state index < -0.39 is 49.2 Å². The summed E-state index contributed by atoms with van der Waals surface area (Å²) in [6, 6.07) is 16.7. The molecule has 218 valence electrons. The number of aromatic nitrogens is 1. The van der Waals surface area contributed by atoms with Crippen molar-refractivity contribution in [2.45, 2.75) is 26.8 Å². The molecule has 0 unspecified atom stereocenters. The minimum atomic E-state index is -1.14. The molecular weight excluding hydrogens is 582 g/mol. The molecule has 2 heterocycles. The van der Waals surface area contributed by atoms with Crippen LogP contribution in [-0.4, -0.2) is 58.9 Å². The van der Waals surface area contributed by atoms with Gasteiger partial charge in [-0.05, 0) is 43.7 Å². The molecule has 0 bridgehead atoms. The number of thiophene rings is 1. The number of nitrogens with one attached hydrogen (secondary N) is 1. The highest BCUT2D eigenvalue weighted by molar-refractivity contribution is 7.16. The molecule has 2 amide bonds. The van der Waals surface area contributed by atoms with Crippen LogP contribution >= 0.6 is 22.9 Å². The molecule has 0 spiro atoms. The van der Waals surface area contributed by atoms with Crippen LogP contribution in [0.25, 0.3) is 10.9 Å². The number of carboxylic acid groups (broad SMARTS) is 1. The summed E-state index contributed by atoms with van der Waals surface area (Å²) in [7, 11) is 0. The molecule has 0 saturated carbocycles. The fourth-order valence-corrected chi connectivity index (χ4v) is 5.74. The minimum Gasteiger partial charge on any atom is -0.480 e. The lowest BCUT2D eigenvalue weighted by molar-refractivity contribution is -0.142. The largest absolute Gasteiger partial charge is 0.480 e. The van der Waals surface area contributed by atoms with Crippen LogP contribution in [0.4, 0.5) is 5.00 Å². The Labute approximate surface area is 250 Å². The van der Waals surface area contributed by atoms with Gasteiger partial charge in [0.15, 0.2) is 5.78 Å². The van der Waals surface area contributed by atoms with Crippen molar-refractivity contribution >= 4 is 68.4 Å². The van der Waals surface area contributed by atoms with E-state index >= 15 is 0 Å². The van der Waals surface area contributed by atoms with E-state index in [-0.39, 0.29) is 33.5 Å². The molecular formula is C30H28ClN3O7S. The number of anilines is 1. The molecule has 0 atom stereocenters. The molecule has 2 aromatic heterocycles. The number of aliphatic carboxylic acids is 1. The molecule has 42 heavy (non-hydrogen) atoms. The Kier molecular flexibility index (Phi) is 9.76. The zero-order valence-electron chi connectivity index (χ0n) is 22.9. The van der Waals surface area contributed by atoms with Crippen LogP contribution in [0, 0.1) is 0 Å². The van der Waals surface area contributed by atoms with Crippen molar-refractivity contribution < 1.29 is 33.8 Å². The number of nitrogens with zero attached hydrogens (tertiary/aromatic N) is 2. The van der Waals surface area contributed by atoms with Gasteiger partial charge in [0.1, 0.15) is 23.8 Å². The van der Waals surface area contributed by atoms with Crippen LogP contribution in [0.5, 0.6) is 0 Å². The van der Waals surface area contributed by atoms with Gasteiger partial charge >= 0.3 is 11.9 Å². The number of fused-ring (bicyclic) bond motifs is 1. The number of amides is 2. The Bertz CT molecular complexity index is 1680. The second kappa shape index (κ2) is 13.5. The highest BCUT2D eigenvalue weighted by Gasteiger charge is 2.29. The van der Waals surface area contributed by atoms with Gasteiger partial charge in [0.05, 0.1) is 23.7 Å². The smallest absolute Gasteiger partial charge is 0.326 e. The van der Waals surface area contributed by atoms with E-state index in [1.54, 1.807) is 67.6 Å². The quantitative estimate of drug-likeness (QED) is 0.178. The van der Waals surface area contributed by atoms with Crippen molar-refractivity contribution in [2.24, 2.45) is 0 Å². The van der Waals surface area contributed by atoms with Crippen molar-refractivity contribution in [1.29, 1.82) is 0 Å². The summed E-state index contributed by atoms with van der Waals surface area (Å²) in [5, 5.41) is 13.1. The van der Waals surface area contributed by atoms with Crippen LogP contribution in [0.15, 0.2) is 60.7 Å². The monoisotopic (exact) mass is 609 g/mol. The molecule has 0 saturated heterocycles. The lowest BCUT2D eigenvalue weighted by Crippen LogP contribution is -2.43. The summed E-state index contributed by atoms with van der Waals surface area (Å²) >= 11 is 7.47. The lowest BCUT2D eigenvalue weighted by atomic mass is 10.0. The van der Waals surface area contributed by atoms with Gasteiger partial charge in [-0.25, -0.2) is 0 Å². The minimum absolute atomic E-state index is 0.0577. The number of hydrogen-bond acceptors (Lipinski definition) is 7. The van der Waals surface area contributed by atoms with Gasteiger partial charge in [-0.1, -0.05) is 48.9 Å². The van der Waals surface area contributed by atoms with Gasteiger partial charge in [0, 0.05) is 21.3 Å². The molecule has 0 radical (unpaired) electrons. The number of aryl methyl sites for hydroxylation is 1. The Morgan fingerprint density at radius 2 is 1.71 bits per heavy atom. The maximum atomic E-state index is 13.6. The van der Waals surface area contributed by atoms with Crippen LogP contribution < -0.4 is 10.2 Å². The highest BCUT2D eigenvalue weighted by Crippen LogP contribution is 2.35. The molecule has 4 aromatic rings. The van der Waals surface area contributed by atoms with Crippen LogP contribution in [0.3, 0.4) is 0 Å². The summed E-state index contributed by atoms with van der Waals surface area (Å²) < 4.78 is 6.43. The van der Waals surface area contributed by atoms with Crippen molar-refractivity contribution in [3.05, 3.63) is 87.4 Å². The zero-order valence-corrected chi connectivity index (χ0v) is 24.5. The number of para-hydroxylation sites is 1. The van der Waals surface area contributed by atoms with Gasteiger partial charge < -0.3 is 19.7 Å². The maximum Gasteiger partial charge on any atom is 0.326 e. The molecule has 2 aromatic carbocycles. The number of benzene rings is 2. The van der Waals surface area contributed by atoms with E-state index in [1.165, 1.54) is 15.9 Å². The first-order chi connectivity index (χ1) is 20.1. The van der Waals surface area contributed by atoms with E-state index in [0.29, 0.717) is 17.3 Å². The normalized spacial score (nSPS) is 10.8. The second-order valence-corrected chi connectivity index (χ2v) is 10.7. The number of ketones is 1. The standard InChI is InChI=1S/C30H28ClN3O7S/c1-3-19-14-21(28(39)20-10-6-7-11-22(20)31)30(42-19)34(17-27(38)41-4-2)25(35)15-32-29(40)24-13-18-9-5-8-12-23(18)33(24)16-26(36)37/h5-14H,3-4,15-17H2,1-2H3,(H,32,40)(H,36,37). The van der Waals surface area contributed by atoms with E-state index in [9.17, 15) is 29.1 Å². The SMILES string of the molecule is CCOC(=O)CN(C(=O)CNC(=O)c1cc2ccccc2n1CC(=O)O)c1sc(CC)cc1C(=O)c1ccccc1Cl. The maximum absolute atomic E-state index is 13.6. The molecule has 4 rings (SSSR count). The summed E-state index contributed by atoms with van der Waals surface area (Å²) in [6.45, 7) is 2.13. The molecule has 10 nitrogen and oxygen atoms in total. The van der Waals surface area contributed by atoms with Crippen molar-refractivity contribution in [1.82, 2.24) is 9.88 Å². The Balaban J connectivity index is 1.65. The summed E-state index contributed by atoms with van der Waals surface area (Å²) in [5.74, 6) is -3.60. The first kappa shape index (κ1) is 30.5. The second-order valence-electron chi connectivity index (χ2n) is 9.13. The van der Waals surface area contributed by atoms with Crippen LogP contribution in [0.1, 0.15) is 45.1 Å². The Morgan fingerprint density at radius 1 is 1.00 bits per heavy atom. The number of carboxylic acids is 1. The number of carbonyl (C=O) groups is 5. The fourth-order valence-electron chi connectivity index (χ4n) is 4.41. The van der Waals surface area contributed by atoms with E-state index in [1.807, 2.05) is 6.92 Å². The summed E-state index contributed by atoms with van der Waals surface area (Å²) in [6.07, 6.45) is 0.569. The predicted octanol–water partition coefficient (Wildman–Crippen LogP) is 4.56. The average Bonchev–Trinajstić information content (AvgIpc) is 3.56. The topological polar surface area (TPSA) is 135 Å². The van der Waals surface area contributed by atoms with E-state index in [0.717, 1.165) is 9.78 Å². The fraction of sp³-hybridized carbons (Fsp3) is 0.233. The number of esters is 1. The van der Waals surface area contributed by atoms with Gasteiger partial charge in [0.25, 0.3) is 5.91 Å². The summed E-state index contributed by atoms with van der Waals surface area (Å²) in [4.78, 5) is 66.3. The van der Waals surface area contributed by atoms with Gasteiger partial charge in [-0.15, -0.1) is 11.3 Å². The molecule has 0 aliphatic rings. The third-order valence-corrected chi connectivity index (χ3v) is 7.98. The van der Waals surface area contributed by atoms with E-state index in [4.69, 9.17) is 16.3 Å². The zero-order chi connectivity index (χ0) is 30.4. The van der Waals surface area contributed by atoms with Gasteiger partial charge in [-0.2, -0.15) is 0 Å². The number of halogens is 1. The highest BCUT2D eigenvalue weighted by atomic mass is 35.5. The average molecular weight is 610 g/mol. The van der Waals surface area contributed by atoms with Gasteiger partial charge in [0.2, 0.25) is 5.91 Å². The Hall–Kier alpha value is -4.48. The Morgan fingerprint density at radius 3 is 2.40 bits per heavy atom. The lowest BCUT2D eigenvalue weighted by Gasteiger charge is -2.22. The predicted molar refractivity (Wildman–Crippen MR) is 159 cm³/mol. The van der Waals surface area contributed by atoms with Crippen molar-refractivity contribution in [2.75, 3.05) is 24.6 Å². The number of ether oxygens (including phenoxy) is 1. The number of carbonyl (C=O) groups excluding carboxylic acids is 4. The molecule has 0 aliphatic carbocycles.